The summed E-state index contributed by atoms with van der Waals surface area (Å²) < 4.78 is 34.5. The van der Waals surface area contributed by atoms with Gasteiger partial charge in [0.25, 0.3) is 0 Å². The fourth-order valence-corrected chi connectivity index (χ4v) is 14.9. The number of unbranched alkanes of at least 4 members (excludes halogenated alkanes) is 51. The molecule has 3 aliphatic rings. The predicted molar refractivity (Wildman–Crippen MR) is 420 cm³/mol. The number of nitrogens with one attached hydrogen (secondary N) is 1. The molecule has 105 heavy (non-hydrogen) atoms. The minimum absolute atomic E-state index is 0.237. The minimum Gasteiger partial charge on any atom is -0.394 e. The topological polar surface area (TPSA) is 307 Å². The molecule has 0 spiro atoms. The largest absolute Gasteiger partial charge is 0.394 e. The van der Waals surface area contributed by atoms with Gasteiger partial charge in [0.1, 0.15) is 73.2 Å². The predicted octanol–water partition coefficient (Wildman–Crippen LogP) is 15.9. The van der Waals surface area contributed by atoms with Crippen LogP contribution >= 0.6 is 0 Å². The number of rotatable bonds is 71. The van der Waals surface area contributed by atoms with Gasteiger partial charge in [0, 0.05) is 6.42 Å². The van der Waals surface area contributed by atoms with Gasteiger partial charge in [-0.2, -0.15) is 0 Å². The quantitative estimate of drug-likeness (QED) is 0.0199. The molecule has 19 heteroatoms. The highest BCUT2D eigenvalue weighted by Crippen LogP contribution is 2.33. The molecule has 3 heterocycles. The molecule has 0 aliphatic carbocycles. The summed E-state index contributed by atoms with van der Waals surface area (Å²) in [7, 11) is 0. The molecule has 19 nitrogen and oxygen atoms in total. The van der Waals surface area contributed by atoms with E-state index in [0.29, 0.717) is 12.8 Å². The summed E-state index contributed by atoms with van der Waals surface area (Å²) in [5.41, 5.74) is 0. The van der Waals surface area contributed by atoms with Gasteiger partial charge in [0.2, 0.25) is 5.91 Å². The molecule has 3 rings (SSSR count). The Hall–Kier alpha value is -1.99. The normalized spacial score (nSPS) is 25.9. The Morgan fingerprint density at radius 3 is 0.952 bits per heavy atom. The summed E-state index contributed by atoms with van der Waals surface area (Å²) in [6.07, 6.45) is 57.3. The van der Waals surface area contributed by atoms with Gasteiger partial charge in [-0.25, -0.2) is 0 Å². The average molecular weight is 1500 g/mol. The van der Waals surface area contributed by atoms with Crippen LogP contribution in [0.15, 0.2) is 36.5 Å². The number of amides is 1. The molecule has 3 aliphatic heterocycles. The van der Waals surface area contributed by atoms with Gasteiger partial charge in [0.15, 0.2) is 18.9 Å². The van der Waals surface area contributed by atoms with E-state index in [9.17, 15) is 61.0 Å². The standard InChI is InChI=1S/C86H161NO18/c1-3-5-7-9-11-13-15-17-19-21-23-25-27-29-31-32-33-34-35-36-38-40-42-44-46-48-50-52-54-56-58-60-62-64-74(92)87-69(70(91)63-61-59-57-55-53-51-49-47-45-43-41-39-37-30-28-26-24-22-20-18-16-14-12-10-8-6-4-2)68-100-84-80(98)77(95)82(72(66-89)102-84)105-86-81(99)78(96)83(73(67-90)103-86)104-85-79(97)76(94)75(93)71(65-88)101-85/h45,47,53,55,61,63,69-73,75-86,88-91,93-99H,3-44,46,48-52,54,56-60,62,64-68H2,1-2H3,(H,87,92)/b47-45+,55-53+,63-61+. The molecule has 0 radical (unpaired) electrons. The van der Waals surface area contributed by atoms with E-state index in [2.05, 4.69) is 43.5 Å². The Bertz CT molecular complexity index is 2030. The number of aliphatic hydroxyl groups is 11. The lowest BCUT2D eigenvalue weighted by atomic mass is 9.96. The molecular formula is C86H161NO18. The van der Waals surface area contributed by atoms with Gasteiger partial charge in [-0.05, 0) is 44.9 Å². The van der Waals surface area contributed by atoms with Crippen LogP contribution in [0, 0.1) is 0 Å². The molecule has 0 aromatic heterocycles. The maximum atomic E-state index is 13.5. The van der Waals surface area contributed by atoms with Crippen molar-refractivity contribution in [3.8, 4) is 0 Å². The van der Waals surface area contributed by atoms with Gasteiger partial charge >= 0.3 is 0 Å². The maximum absolute atomic E-state index is 13.5. The van der Waals surface area contributed by atoms with E-state index >= 15 is 0 Å². The van der Waals surface area contributed by atoms with Crippen molar-refractivity contribution in [1.29, 1.82) is 0 Å². The van der Waals surface area contributed by atoms with E-state index in [-0.39, 0.29) is 18.9 Å². The van der Waals surface area contributed by atoms with E-state index in [0.717, 1.165) is 44.9 Å². The highest BCUT2D eigenvalue weighted by atomic mass is 16.8. The van der Waals surface area contributed by atoms with E-state index in [1.165, 1.54) is 295 Å². The van der Waals surface area contributed by atoms with Crippen LogP contribution in [0.4, 0.5) is 0 Å². The monoisotopic (exact) mass is 1500 g/mol. The van der Waals surface area contributed by atoms with Gasteiger partial charge in [-0.15, -0.1) is 0 Å². The van der Waals surface area contributed by atoms with Crippen LogP contribution in [-0.2, 0) is 33.2 Å². The molecular weight excluding hydrogens is 1330 g/mol. The zero-order chi connectivity index (χ0) is 76.0. The fourth-order valence-electron chi connectivity index (χ4n) is 14.9. The molecule has 618 valence electrons. The Morgan fingerprint density at radius 1 is 0.333 bits per heavy atom. The van der Waals surface area contributed by atoms with Gasteiger partial charge in [-0.3, -0.25) is 4.79 Å². The third-order valence-electron chi connectivity index (χ3n) is 21.9. The number of ether oxygens (including phenoxy) is 6. The highest BCUT2D eigenvalue weighted by Gasteiger charge is 2.54. The van der Waals surface area contributed by atoms with Crippen LogP contribution < -0.4 is 5.32 Å². The van der Waals surface area contributed by atoms with Crippen molar-refractivity contribution in [1.82, 2.24) is 5.32 Å². The van der Waals surface area contributed by atoms with Crippen molar-refractivity contribution in [3.05, 3.63) is 36.5 Å². The smallest absolute Gasteiger partial charge is 0.220 e. The summed E-state index contributed by atoms with van der Waals surface area (Å²) >= 11 is 0. The number of carbonyl (C=O) groups is 1. The van der Waals surface area contributed by atoms with Crippen molar-refractivity contribution >= 4 is 5.91 Å². The van der Waals surface area contributed by atoms with Crippen molar-refractivity contribution in [2.24, 2.45) is 0 Å². The lowest BCUT2D eigenvalue weighted by Crippen LogP contribution is -2.66. The number of carbonyl (C=O) groups excluding carboxylic acids is 1. The lowest BCUT2D eigenvalue weighted by Gasteiger charge is -2.48. The molecule has 0 aromatic rings. The Labute approximate surface area is 638 Å². The third-order valence-corrected chi connectivity index (χ3v) is 21.9. The van der Waals surface area contributed by atoms with Crippen LogP contribution in [0.3, 0.4) is 0 Å². The van der Waals surface area contributed by atoms with Crippen molar-refractivity contribution < 1.29 is 89.4 Å². The Kier molecular flexibility index (Phi) is 61.7. The molecule has 17 atom stereocenters. The van der Waals surface area contributed by atoms with Gasteiger partial charge in [-0.1, -0.05) is 359 Å². The molecule has 17 unspecified atom stereocenters. The van der Waals surface area contributed by atoms with Crippen LogP contribution in [-0.4, -0.2) is 193 Å². The second kappa shape index (κ2) is 66.6. The Balaban J connectivity index is 1.35. The maximum Gasteiger partial charge on any atom is 0.220 e. The van der Waals surface area contributed by atoms with Crippen molar-refractivity contribution in [3.63, 3.8) is 0 Å². The summed E-state index contributed by atoms with van der Waals surface area (Å²) in [6, 6.07) is -0.997. The second-order valence-electron chi connectivity index (χ2n) is 31.3. The van der Waals surface area contributed by atoms with Gasteiger partial charge in [0.05, 0.1) is 38.6 Å². The first-order valence-electron chi connectivity index (χ1n) is 43.7. The van der Waals surface area contributed by atoms with Crippen LogP contribution in [0.1, 0.15) is 373 Å². The number of hydrogen-bond acceptors (Lipinski definition) is 18. The number of hydrogen-bond donors (Lipinski definition) is 12. The SMILES string of the molecule is CCCCCCCCCCCCCCCCCCC/C=C/CC/C=C/CC/C=C/C(O)C(COC1OC(CO)C(OC2OC(CO)C(OC3OC(CO)C(O)C(O)C3O)C(O)C2O)C(O)C1O)NC(=O)CCCCCCCCCCCCCCCCCCCCCCCCCCCCCCCCCCC. The van der Waals surface area contributed by atoms with Crippen molar-refractivity contribution in [2.45, 2.75) is 478 Å². The molecule has 3 saturated heterocycles. The van der Waals surface area contributed by atoms with E-state index in [1.54, 1.807) is 6.08 Å². The first kappa shape index (κ1) is 97.2. The van der Waals surface area contributed by atoms with Crippen LogP contribution in [0.5, 0.6) is 0 Å². The van der Waals surface area contributed by atoms with Crippen LogP contribution in [0.25, 0.3) is 0 Å². The number of allylic oxidation sites excluding steroid dienone is 5. The van der Waals surface area contributed by atoms with E-state index < -0.39 is 124 Å². The zero-order valence-electron chi connectivity index (χ0n) is 66.5. The molecule has 12 N–H and O–H groups in total. The second-order valence-corrected chi connectivity index (χ2v) is 31.3. The zero-order valence-corrected chi connectivity index (χ0v) is 66.5. The average Bonchev–Trinajstić information content (AvgIpc) is 0.781. The summed E-state index contributed by atoms with van der Waals surface area (Å²) in [5.74, 6) is -0.281. The minimum atomic E-state index is -1.98. The number of aliphatic hydroxyl groups excluding tert-OH is 11. The fraction of sp³-hybridized carbons (Fsp3) is 0.919. The Morgan fingerprint density at radius 2 is 0.610 bits per heavy atom. The van der Waals surface area contributed by atoms with Crippen molar-refractivity contribution in [2.75, 3.05) is 26.4 Å². The third kappa shape index (κ3) is 46.0. The van der Waals surface area contributed by atoms with E-state index in [4.69, 9.17) is 28.4 Å². The molecule has 3 fully saturated rings. The lowest BCUT2D eigenvalue weighted by molar-refractivity contribution is -0.379. The first-order chi connectivity index (χ1) is 51.3. The van der Waals surface area contributed by atoms with Gasteiger partial charge < -0.3 is 89.9 Å². The molecule has 0 aromatic carbocycles. The van der Waals surface area contributed by atoms with E-state index in [1.807, 2.05) is 6.08 Å². The molecule has 1 amide bonds. The molecule has 0 bridgehead atoms. The molecule has 0 saturated carbocycles. The first-order valence-corrected chi connectivity index (χ1v) is 43.7. The highest BCUT2D eigenvalue weighted by molar-refractivity contribution is 5.76. The summed E-state index contributed by atoms with van der Waals surface area (Å²) in [6.45, 7) is 1.78. The summed E-state index contributed by atoms with van der Waals surface area (Å²) in [4.78, 5) is 13.5. The van der Waals surface area contributed by atoms with Crippen LogP contribution in [0.2, 0.25) is 0 Å². The summed E-state index contributed by atoms with van der Waals surface area (Å²) in [5, 5.41) is 121.